The van der Waals surface area contributed by atoms with Crippen LogP contribution in [0, 0.1) is 6.92 Å². The Morgan fingerprint density at radius 3 is 2.00 bits per heavy atom. The summed E-state index contributed by atoms with van der Waals surface area (Å²) in [5.74, 6) is 0.737. The molecule has 0 fully saturated rings. The standard InChI is InChI=1S/C26H27BrN2O5/c1-4-32-23-15-21(29-26(31)18-9-7-6-8-10-18)24(33-5-2)14-20(23)28-25(30)16-34-22-12-11-17(3)13-19(22)27/h6-15H,4-5,16H2,1-3H3,(H,28,30)(H,29,31). The Morgan fingerprint density at radius 1 is 0.794 bits per heavy atom. The molecular formula is C26H27BrN2O5. The molecule has 0 radical (unpaired) electrons. The van der Waals surface area contributed by atoms with Crippen molar-refractivity contribution in [3.63, 3.8) is 0 Å². The third-order valence-electron chi connectivity index (χ3n) is 4.69. The second-order valence-corrected chi connectivity index (χ2v) is 8.16. The average molecular weight is 527 g/mol. The summed E-state index contributed by atoms with van der Waals surface area (Å²) in [5, 5.41) is 5.67. The van der Waals surface area contributed by atoms with Gasteiger partial charge in [-0.25, -0.2) is 0 Å². The van der Waals surface area contributed by atoms with Gasteiger partial charge in [-0.3, -0.25) is 9.59 Å². The molecular weight excluding hydrogens is 500 g/mol. The van der Waals surface area contributed by atoms with Gasteiger partial charge in [-0.15, -0.1) is 0 Å². The fourth-order valence-corrected chi connectivity index (χ4v) is 3.75. The third kappa shape index (κ3) is 6.74. The number of hydrogen-bond acceptors (Lipinski definition) is 5. The Labute approximate surface area is 207 Å². The average Bonchev–Trinajstić information content (AvgIpc) is 2.82. The van der Waals surface area contributed by atoms with Crippen LogP contribution in [0.4, 0.5) is 11.4 Å². The number of aryl methyl sites for hydroxylation is 1. The van der Waals surface area contributed by atoms with Crippen LogP contribution in [-0.2, 0) is 4.79 Å². The van der Waals surface area contributed by atoms with E-state index in [1.165, 1.54) is 0 Å². The van der Waals surface area contributed by atoms with Crippen molar-refractivity contribution in [2.45, 2.75) is 20.8 Å². The topological polar surface area (TPSA) is 85.9 Å². The Hall–Kier alpha value is -3.52. The lowest BCUT2D eigenvalue weighted by molar-refractivity contribution is -0.118. The molecule has 0 unspecified atom stereocenters. The molecule has 3 aromatic rings. The van der Waals surface area contributed by atoms with E-state index in [-0.39, 0.29) is 18.4 Å². The summed E-state index contributed by atoms with van der Waals surface area (Å²) in [4.78, 5) is 25.3. The van der Waals surface area contributed by atoms with E-state index in [4.69, 9.17) is 14.2 Å². The highest BCUT2D eigenvalue weighted by molar-refractivity contribution is 9.10. The molecule has 0 aliphatic heterocycles. The minimum Gasteiger partial charge on any atom is -0.492 e. The number of carbonyl (C=O) groups is 2. The quantitative estimate of drug-likeness (QED) is 0.347. The van der Waals surface area contributed by atoms with Crippen LogP contribution in [0.1, 0.15) is 29.8 Å². The third-order valence-corrected chi connectivity index (χ3v) is 5.31. The molecule has 0 saturated carbocycles. The maximum atomic E-state index is 12.7. The van der Waals surface area contributed by atoms with E-state index in [0.717, 1.165) is 10.0 Å². The van der Waals surface area contributed by atoms with Crippen LogP contribution in [0.3, 0.4) is 0 Å². The Balaban J connectivity index is 1.79. The van der Waals surface area contributed by atoms with E-state index in [0.29, 0.717) is 47.4 Å². The van der Waals surface area contributed by atoms with E-state index in [1.54, 1.807) is 42.5 Å². The van der Waals surface area contributed by atoms with Crippen molar-refractivity contribution in [3.8, 4) is 17.2 Å². The molecule has 34 heavy (non-hydrogen) atoms. The van der Waals surface area contributed by atoms with Crippen molar-refractivity contribution in [1.29, 1.82) is 0 Å². The number of hydrogen-bond donors (Lipinski definition) is 2. The molecule has 0 saturated heterocycles. The molecule has 0 bridgehead atoms. The number of carbonyl (C=O) groups excluding carboxylic acids is 2. The van der Waals surface area contributed by atoms with Crippen molar-refractivity contribution in [3.05, 3.63) is 76.3 Å². The molecule has 0 aliphatic rings. The number of nitrogens with one attached hydrogen (secondary N) is 2. The molecule has 0 atom stereocenters. The van der Waals surface area contributed by atoms with Gasteiger partial charge in [0.1, 0.15) is 17.2 Å². The normalized spacial score (nSPS) is 10.4. The largest absolute Gasteiger partial charge is 0.492 e. The van der Waals surface area contributed by atoms with Gasteiger partial charge in [0.15, 0.2) is 6.61 Å². The van der Waals surface area contributed by atoms with Crippen LogP contribution in [-0.4, -0.2) is 31.6 Å². The van der Waals surface area contributed by atoms with Crippen LogP contribution >= 0.6 is 15.9 Å². The van der Waals surface area contributed by atoms with Crippen LogP contribution < -0.4 is 24.8 Å². The van der Waals surface area contributed by atoms with Crippen molar-refractivity contribution in [1.82, 2.24) is 0 Å². The number of rotatable bonds is 10. The van der Waals surface area contributed by atoms with Gasteiger partial charge >= 0.3 is 0 Å². The van der Waals surface area contributed by atoms with Gasteiger partial charge in [0.05, 0.1) is 29.1 Å². The van der Waals surface area contributed by atoms with E-state index >= 15 is 0 Å². The molecule has 0 heterocycles. The zero-order chi connectivity index (χ0) is 24.5. The minimum atomic E-state index is -0.364. The van der Waals surface area contributed by atoms with Gasteiger partial charge < -0.3 is 24.8 Å². The van der Waals surface area contributed by atoms with Gasteiger partial charge in [-0.1, -0.05) is 24.3 Å². The van der Waals surface area contributed by atoms with Crippen LogP contribution in [0.5, 0.6) is 17.2 Å². The summed E-state index contributed by atoms with van der Waals surface area (Å²) in [5.41, 5.74) is 2.45. The van der Waals surface area contributed by atoms with Gasteiger partial charge in [0, 0.05) is 17.7 Å². The lowest BCUT2D eigenvalue weighted by atomic mass is 10.2. The highest BCUT2D eigenvalue weighted by Crippen LogP contribution is 2.37. The minimum absolute atomic E-state index is 0.191. The summed E-state index contributed by atoms with van der Waals surface area (Å²) in [6.45, 7) is 6.20. The monoisotopic (exact) mass is 526 g/mol. The summed E-state index contributed by atoms with van der Waals surface area (Å²) in [7, 11) is 0. The molecule has 2 amide bonds. The Bertz CT molecular complexity index is 1150. The number of benzene rings is 3. The Morgan fingerprint density at radius 2 is 1.41 bits per heavy atom. The van der Waals surface area contributed by atoms with Crippen molar-refractivity contribution in [2.75, 3.05) is 30.5 Å². The number of amides is 2. The molecule has 8 heteroatoms. The Kier molecular flexibility index (Phi) is 8.93. The second-order valence-electron chi connectivity index (χ2n) is 7.30. The maximum Gasteiger partial charge on any atom is 0.262 e. The smallest absolute Gasteiger partial charge is 0.262 e. The van der Waals surface area contributed by atoms with Gasteiger partial charge in [0.25, 0.3) is 11.8 Å². The molecule has 3 aromatic carbocycles. The first kappa shape index (κ1) is 25.1. The van der Waals surface area contributed by atoms with Crippen molar-refractivity contribution in [2.24, 2.45) is 0 Å². The van der Waals surface area contributed by atoms with Crippen LogP contribution in [0.15, 0.2) is 65.1 Å². The lowest BCUT2D eigenvalue weighted by Crippen LogP contribution is -2.21. The molecule has 7 nitrogen and oxygen atoms in total. The van der Waals surface area contributed by atoms with E-state index in [1.807, 2.05) is 39.0 Å². The molecule has 0 aromatic heterocycles. The predicted molar refractivity (Wildman–Crippen MR) is 136 cm³/mol. The van der Waals surface area contributed by atoms with E-state index in [2.05, 4.69) is 26.6 Å². The summed E-state index contributed by atoms with van der Waals surface area (Å²) in [6, 6.07) is 17.8. The zero-order valence-corrected chi connectivity index (χ0v) is 20.9. The molecule has 2 N–H and O–H groups in total. The van der Waals surface area contributed by atoms with E-state index in [9.17, 15) is 9.59 Å². The van der Waals surface area contributed by atoms with Crippen molar-refractivity contribution < 1.29 is 23.8 Å². The van der Waals surface area contributed by atoms with Crippen LogP contribution in [0.25, 0.3) is 0 Å². The first-order valence-corrected chi connectivity index (χ1v) is 11.7. The maximum absolute atomic E-state index is 12.7. The van der Waals surface area contributed by atoms with Gasteiger partial charge in [-0.2, -0.15) is 0 Å². The predicted octanol–water partition coefficient (Wildman–Crippen LogP) is 5.82. The lowest BCUT2D eigenvalue weighted by Gasteiger charge is -2.18. The summed E-state index contributed by atoms with van der Waals surface area (Å²) in [6.07, 6.45) is 0. The molecule has 0 aliphatic carbocycles. The fourth-order valence-electron chi connectivity index (χ4n) is 3.14. The van der Waals surface area contributed by atoms with Gasteiger partial charge in [0.2, 0.25) is 0 Å². The van der Waals surface area contributed by atoms with E-state index < -0.39 is 0 Å². The summed E-state index contributed by atoms with van der Waals surface area (Å²) < 4.78 is 17.9. The highest BCUT2D eigenvalue weighted by Gasteiger charge is 2.17. The number of anilines is 2. The molecule has 178 valence electrons. The SMILES string of the molecule is CCOc1cc(NC(=O)c2ccccc2)c(OCC)cc1NC(=O)COc1ccc(C)cc1Br. The summed E-state index contributed by atoms with van der Waals surface area (Å²) >= 11 is 3.44. The fraction of sp³-hybridized carbons (Fsp3) is 0.231. The second kappa shape index (κ2) is 12.1. The molecule has 3 rings (SSSR count). The van der Waals surface area contributed by atoms with Gasteiger partial charge in [-0.05, 0) is 66.5 Å². The number of halogens is 1. The van der Waals surface area contributed by atoms with Crippen LogP contribution in [0.2, 0.25) is 0 Å². The molecule has 0 spiro atoms. The highest BCUT2D eigenvalue weighted by atomic mass is 79.9. The first-order chi connectivity index (χ1) is 16.4. The number of ether oxygens (including phenoxy) is 3. The first-order valence-electron chi connectivity index (χ1n) is 10.9. The zero-order valence-electron chi connectivity index (χ0n) is 19.3. The van der Waals surface area contributed by atoms with Crippen molar-refractivity contribution >= 4 is 39.1 Å².